The van der Waals surface area contributed by atoms with Gasteiger partial charge in [-0.25, -0.2) is 8.42 Å². The van der Waals surface area contributed by atoms with Crippen molar-refractivity contribution in [2.45, 2.75) is 74.9 Å². The SMILES string of the molecule is CCN(CCCCN1CCCCC1C=O)C(C)Cc1ccc(S(=O)(=O)C(F)(F)F)cc1. The average Bonchev–Trinajstić information content (AvgIpc) is 2.73. The number of aldehydes is 1. The van der Waals surface area contributed by atoms with Crippen LogP contribution in [0.4, 0.5) is 13.2 Å². The van der Waals surface area contributed by atoms with E-state index in [1.165, 1.54) is 12.1 Å². The van der Waals surface area contributed by atoms with E-state index < -0.39 is 20.2 Å². The summed E-state index contributed by atoms with van der Waals surface area (Å²) in [4.78, 5) is 15.1. The number of sulfone groups is 1. The van der Waals surface area contributed by atoms with Crippen LogP contribution in [0.3, 0.4) is 0 Å². The second kappa shape index (κ2) is 11.4. The molecule has 1 saturated heterocycles. The van der Waals surface area contributed by atoms with Crippen LogP contribution in [0, 0.1) is 0 Å². The Kier molecular flexibility index (Phi) is 9.51. The normalized spacial score (nSPS) is 19.5. The van der Waals surface area contributed by atoms with Gasteiger partial charge in [-0.1, -0.05) is 25.5 Å². The number of benzene rings is 1. The first-order chi connectivity index (χ1) is 14.6. The molecular formula is C22H33F3N2O3S. The Balaban J connectivity index is 1.84. The van der Waals surface area contributed by atoms with Crippen molar-refractivity contribution in [3.05, 3.63) is 29.8 Å². The fourth-order valence-electron chi connectivity index (χ4n) is 4.18. The van der Waals surface area contributed by atoms with E-state index >= 15 is 0 Å². The summed E-state index contributed by atoms with van der Waals surface area (Å²) in [5, 5.41) is 0. The Morgan fingerprint density at radius 1 is 1.19 bits per heavy atom. The first-order valence-corrected chi connectivity index (χ1v) is 12.4. The summed E-state index contributed by atoms with van der Waals surface area (Å²) in [6.07, 6.45) is 6.91. The second-order valence-electron chi connectivity index (χ2n) is 8.22. The fraction of sp³-hybridized carbons (Fsp3) is 0.682. The zero-order valence-corrected chi connectivity index (χ0v) is 19.1. The first-order valence-electron chi connectivity index (χ1n) is 10.9. The van der Waals surface area contributed by atoms with E-state index in [-0.39, 0.29) is 12.1 Å². The van der Waals surface area contributed by atoms with Gasteiger partial charge in [-0.2, -0.15) is 13.2 Å². The molecule has 0 saturated carbocycles. The molecular weight excluding hydrogens is 429 g/mol. The highest BCUT2D eigenvalue weighted by Gasteiger charge is 2.46. The Bertz CT molecular complexity index is 797. The van der Waals surface area contributed by atoms with Crippen LogP contribution in [0.1, 0.15) is 51.5 Å². The van der Waals surface area contributed by atoms with Crippen LogP contribution in [-0.4, -0.2) is 68.3 Å². The van der Waals surface area contributed by atoms with Crippen LogP contribution in [0.2, 0.25) is 0 Å². The van der Waals surface area contributed by atoms with Gasteiger partial charge in [0.1, 0.15) is 6.29 Å². The van der Waals surface area contributed by atoms with E-state index in [9.17, 15) is 26.4 Å². The number of carbonyl (C=O) groups is 1. The lowest BCUT2D eigenvalue weighted by atomic mass is 10.0. The van der Waals surface area contributed by atoms with Gasteiger partial charge in [0.2, 0.25) is 0 Å². The monoisotopic (exact) mass is 462 g/mol. The summed E-state index contributed by atoms with van der Waals surface area (Å²) >= 11 is 0. The van der Waals surface area contributed by atoms with Crippen molar-refractivity contribution in [3.63, 3.8) is 0 Å². The van der Waals surface area contributed by atoms with Crippen molar-refractivity contribution in [1.82, 2.24) is 9.80 Å². The summed E-state index contributed by atoms with van der Waals surface area (Å²) < 4.78 is 61.0. The molecule has 0 bridgehead atoms. The molecule has 0 radical (unpaired) electrons. The van der Waals surface area contributed by atoms with E-state index in [1.807, 2.05) is 0 Å². The molecule has 31 heavy (non-hydrogen) atoms. The van der Waals surface area contributed by atoms with Crippen molar-refractivity contribution >= 4 is 16.1 Å². The number of halogens is 3. The van der Waals surface area contributed by atoms with Crippen LogP contribution < -0.4 is 0 Å². The third kappa shape index (κ3) is 7.02. The molecule has 1 fully saturated rings. The lowest BCUT2D eigenvalue weighted by Crippen LogP contribution is -2.41. The predicted molar refractivity (Wildman–Crippen MR) is 115 cm³/mol. The molecule has 0 N–H and O–H groups in total. The number of unbranched alkanes of at least 4 members (excludes halogenated alkanes) is 1. The number of hydrogen-bond donors (Lipinski definition) is 0. The van der Waals surface area contributed by atoms with Crippen LogP contribution >= 0.6 is 0 Å². The highest BCUT2D eigenvalue weighted by atomic mass is 32.2. The largest absolute Gasteiger partial charge is 0.501 e. The number of likely N-dealkylation sites (tertiary alicyclic amines) is 1. The molecule has 1 heterocycles. The lowest BCUT2D eigenvalue weighted by molar-refractivity contribution is -0.113. The van der Waals surface area contributed by atoms with Crippen LogP contribution in [0.25, 0.3) is 0 Å². The molecule has 9 heteroatoms. The van der Waals surface area contributed by atoms with Gasteiger partial charge in [0.15, 0.2) is 0 Å². The Labute approximate surface area is 183 Å². The van der Waals surface area contributed by atoms with Crippen LogP contribution in [0.15, 0.2) is 29.2 Å². The Morgan fingerprint density at radius 2 is 1.87 bits per heavy atom. The minimum Gasteiger partial charge on any atom is -0.302 e. The van der Waals surface area contributed by atoms with E-state index in [0.29, 0.717) is 6.42 Å². The van der Waals surface area contributed by atoms with Gasteiger partial charge in [-0.15, -0.1) is 0 Å². The molecule has 176 valence electrons. The molecule has 2 rings (SSSR count). The van der Waals surface area contributed by atoms with E-state index in [2.05, 4.69) is 23.6 Å². The van der Waals surface area contributed by atoms with Crippen LogP contribution in [0.5, 0.6) is 0 Å². The topological polar surface area (TPSA) is 57.7 Å². The van der Waals surface area contributed by atoms with Crippen molar-refractivity contribution in [3.8, 4) is 0 Å². The summed E-state index contributed by atoms with van der Waals surface area (Å²) in [5.74, 6) is 0. The molecule has 1 aromatic carbocycles. The number of hydrogen-bond acceptors (Lipinski definition) is 5. The molecule has 5 nitrogen and oxygen atoms in total. The molecule has 1 aliphatic rings. The zero-order valence-electron chi connectivity index (χ0n) is 18.3. The molecule has 0 aliphatic carbocycles. The molecule has 1 aliphatic heterocycles. The van der Waals surface area contributed by atoms with Gasteiger partial charge >= 0.3 is 5.51 Å². The fourth-order valence-corrected chi connectivity index (χ4v) is 4.94. The van der Waals surface area contributed by atoms with Crippen LogP contribution in [-0.2, 0) is 21.1 Å². The summed E-state index contributed by atoms with van der Waals surface area (Å²) in [6, 6.07) is 5.21. The number of carbonyl (C=O) groups excluding carboxylic acids is 1. The van der Waals surface area contributed by atoms with Crippen molar-refractivity contribution in [1.29, 1.82) is 0 Å². The van der Waals surface area contributed by atoms with Gasteiger partial charge in [0.05, 0.1) is 10.9 Å². The number of rotatable bonds is 11. The van der Waals surface area contributed by atoms with Crippen molar-refractivity contribution in [2.24, 2.45) is 0 Å². The van der Waals surface area contributed by atoms with Gasteiger partial charge in [-0.3, -0.25) is 4.90 Å². The maximum Gasteiger partial charge on any atom is 0.501 e. The maximum atomic E-state index is 12.7. The quantitative estimate of drug-likeness (QED) is 0.367. The van der Waals surface area contributed by atoms with Gasteiger partial charge in [0.25, 0.3) is 9.84 Å². The zero-order chi connectivity index (χ0) is 23.1. The molecule has 2 atom stereocenters. The highest BCUT2D eigenvalue weighted by molar-refractivity contribution is 7.92. The third-order valence-electron chi connectivity index (χ3n) is 6.06. The van der Waals surface area contributed by atoms with Gasteiger partial charge in [-0.05, 0) is 82.9 Å². The minimum atomic E-state index is -5.31. The number of likely N-dealkylation sites (N-methyl/N-ethyl adjacent to an activating group) is 1. The molecule has 1 aromatic rings. The van der Waals surface area contributed by atoms with E-state index in [1.54, 1.807) is 0 Å². The van der Waals surface area contributed by atoms with Gasteiger partial charge in [0, 0.05) is 6.04 Å². The Morgan fingerprint density at radius 3 is 2.45 bits per heavy atom. The predicted octanol–water partition coefficient (Wildman–Crippen LogP) is 4.07. The average molecular weight is 463 g/mol. The Hall–Kier alpha value is -1.45. The molecule has 0 spiro atoms. The summed E-state index contributed by atoms with van der Waals surface area (Å²) in [5.41, 5.74) is -4.49. The second-order valence-corrected chi connectivity index (χ2v) is 10.2. The van der Waals surface area contributed by atoms with Gasteiger partial charge < -0.3 is 9.69 Å². The molecule has 0 amide bonds. The third-order valence-corrected chi connectivity index (χ3v) is 7.56. The first kappa shape index (κ1) is 25.8. The number of piperidine rings is 1. The molecule has 0 aromatic heterocycles. The van der Waals surface area contributed by atoms with Crippen molar-refractivity contribution in [2.75, 3.05) is 26.2 Å². The maximum absolute atomic E-state index is 12.7. The minimum absolute atomic E-state index is 0.0547. The summed E-state index contributed by atoms with van der Waals surface area (Å²) in [6.45, 7) is 7.79. The molecule has 2 unspecified atom stereocenters. The number of nitrogens with zero attached hydrogens (tertiary/aromatic N) is 2. The number of alkyl halides is 3. The highest BCUT2D eigenvalue weighted by Crippen LogP contribution is 2.30. The van der Waals surface area contributed by atoms with E-state index in [4.69, 9.17) is 0 Å². The van der Waals surface area contributed by atoms with E-state index in [0.717, 1.165) is 82.3 Å². The lowest BCUT2D eigenvalue weighted by Gasteiger charge is -2.33. The smallest absolute Gasteiger partial charge is 0.302 e. The van der Waals surface area contributed by atoms with Crippen molar-refractivity contribution < 1.29 is 26.4 Å². The summed E-state index contributed by atoms with van der Waals surface area (Å²) in [7, 11) is -5.31. The standard InChI is InChI=1S/C22H33F3N2O3S/c1-3-26(13-6-7-15-27-14-5-4-8-20(27)17-28)18(2)16-19-9-11-21(12-10-19)31(29,30)22(23,24)25/h9-12,17-18,20H,3-8,13-16H2,1-2H3.